The Morgan fingerprint density at radius 2 is 2.12 bits per heavy atom. The number of ether oxygens (including phenoxy) is 1. The molecule has 1 aliphatic heterocycles. The van der Waals surface area contributed by atoms with Crippen molar-refractivity contribution in [2.24, 2.45) is 0 Å². The van der Waals surface area contributed by atoms with Gasteiger partial charge >= 0.3 is 0 Å². The van der Waals surface area contributed by atoms with E-state index in [0.717, 1.165) is 12.0 Å². The van der Waals surface area contributed by atoms with Crippen molar-refractivity contribution >= 4 is 5.91 Å². The normalized spacial score (nSPS) is 29.9. The van der Waals surface area contributed by atoms with E-state index in [2.05, 4.69) is 5.32 Å². The summed E-state index contributed by atoms with van der Waals surface area (Å²) < 4.78 is 5.95. The molecule has 1 fully saturated rings. The van der Waals surface area contributed by atoms with Crippen LogP contribution in [0.2, 0.25) is 0 Å². The van der Waals surface area contributed by atoms with E-state index in [0.29, 0.717) is 6.42 Å². The average molecular weight is 219 g/mol. The molecule has 1 N–H and O–H groups in total. The largest absolute Gasteiger partial charge is 0.347 e. The second-order valence-electron chi connectivity index (χ2n) is 4.46. The van der Waals surface area contributed by atoms with Crippen molar-refractivity contribution in [1.82, 2.24) is 5.32 Å². The molecule has 1 aliphatic rings. The molecule has 0 aliphatic carbocycles. The second kappa shape index (κ2) is 4.26. The summed E-state index contributed by atoms with van der Waals surface area (Å²) in [5, 5.41) is 2.86. The Kier molecular flexibility index (Phi) is 2.97. The van der Waals surface area contributed by atoms with Crippen molar-refractivity contribution in [3.63, 3.8) is 0 Å². The van der Waals surface area contributed by atoms with Gasteiger partial charge in [-0.05, 0) is 13.3 Å². The van der Waals surface area contributed by atoms with Crippen molar-refractivity contribution in [2.75, 3.05) is 0 Å². The van der Waals surface area contributed by atoms with Gasteiger partial charge in [0.1, 0.15) is 0 Å². The standard InChI is InChI=1S/C13H17NO2/c1-3-13(2)9-11(15)14-12(16-13)10-7-5-4-6-8-10/h4-8,12H,3,9H2,1-2H3,(H,14,15)/t12-,13?/m0/s1. The van der Waals surface area contributed by atoms with Crippen molar-refractivity contribution in [1.29, 1.82) is 0 Å². The molecule has 0 spiro atoms. The maximum absolute atomic E-state index is 11.6. The van der Waals surface area contributed by atoms with E-state index in [1.165, 1.54) is 0 Å². The molecule has 0 radical (unpaired) electrons. The minimum Gasteiger partial charge on any atom is -0.347 e. The number of hydrogen-bond donors (Lipinski definition) is 1. The van der Waals surface area contributed by atoms with Crippen molar-refractivity contribution in [3.8, 4) is 0 Å². The van der Waals surface area contributed by atoms with Gasteiger partial charge in [-0.25, -0.2) is 0 Å². The molecule has 3 heteroatoms. The zero-order chi connectivity index (χ0) is 11.6. The molecule has 0 saturated carbocycles. The summed E-state index contributed by atoms with van der Waals surface area (Å²) in [6, 6.07) is 9.78. The van der Waals surface area contributed by atoms with Gasteiger partial charge in [0.25, 0.3) is 0 Å². The summed E-state index contributed by atoms with van der Waals surface area (Å²) >= 11 is 0. The third-order valence-electron chi connectivity index (χ3n) is 3.08. The average Bonchev–Trinajstić information content (AvgIpc) is 2.29. The lowest BCUT2D eigenvalue weighted by atomic mass is 9.96. The van der Waals surface area contributed by atoms with Gasteiger partial charge in [0.15, 0.2) is 6.23 Å². The van der Waals surface area contributed by atoms with Crippen LogP contribution in [-0.2, 0) is 9.53 Å². The third-order valence-corrected chi connectivity index (χ3v) is 3.08. The lowest BCUT2D eigenvalue weighted by Crippen LogP contribution is -2.47. The molecule has 3 nitrogen and oxygen atoms in total. The van der Waals surface area contributed by atoms with Crippen LogP contribution >= 0.6 is 0 Å². The van der Waals surface area contributed by atoms with E-state index in [1.807, 2.05) is 44.2 Å². The molecule has 1 saturated heterocycles. The Morgan fingerprint density at radius 3 is 2.75 bits per heavy atom. The summed E-state index contributed by atoms with van der Waals surface area (Å²) in [6.07, 6.45) is 0.962. The van der Waals surface area contributed by atoms with Gasteiger partial charge in [-0.15, -0.1) is 0 Å². The summed E-state index contributed by atoms with van der Waals surface area (Å²) in [4.78, 5) is 11.6. The summed E-state index contributed by atoms with van der Waals surface area (Å²) in [7, 11) is 0. The number of carbonyl (C=O) groups is 1. The smallest absolute Gasteiger partial charge is 0.225 e. The molecule has 1 unspecified atom stereocenters. The minimum absolute atomic E-state index is 0.0597. The van der Waals surface area contributed by atoms with Crippen molar-refractivity contribution in [3.05, 3.63) is 35.9 Å². The van der Waals surface area contributed by atoms with Crippen LogP contribution in [0.3, 0.4) is 0 Å². The molecule has 1 aromatic rings. The molecule has 1 amide bonds. The van der Waals surface area contributed by atoms with E-state index in [4.69, 9.17) is 4.74 Å². The lowest BCUT2D eigenvalue weighted by Gasteiger charge is -2.38. The molecule has 0 bridgehead atoms. The highest BCUT2D eigenvalue weighted by molar-refractivity contribution is 5.78. The molecule has 16 heavy (non-hydrogen) atoms. The van der Waals surface area contributed by atoms with Gasteiger partial charge in [0.05, 0.1) is 12.0 Å². The van der Waals surface area contributed by atoms with Gasteiger partial charge in [0, 0.05) is 5.56 Å². The number of hydrogen-bond acceptors (Lipinski definition) is 2. The highest BCUT2D eigenvalue weighted by Crippen LogP contribution is 2.31. The summed E-state index contributed by atoms with van der Waals surface area (Å²) in [5.74, 6) is 0.0597. The van der Waals surface area contributed by atoms with E-state index in [9.17, 15) is 4.79 Å². The fourth-order valence-corrected chi connectivity index (χ4v) is 1.88. The number of nitrogens with one attached hydrogen (secondary N) is 1. The Balaban J connectivity index is 2.20. The highest BCUT2D eigenvalue weighted by atomic mass is 16.5. The van der Waals surface area contributed by atoms with Crippen LogP contribution < -0.4 is 5.32 Å². The zero-order valence-corrected chi connectivity index (χ0v) is 9.69. The Labute approximate surface area is 95.8 Å². The molecule has 1 aromatic carbocycles. The first kappa shape index (κ1) is 11.1. The third kappa shape index (κ3) is 2.25. The van der Waals surface area contributed by atoms with Crippen LogP contribution in [-0.4, -0.2) is 11.5 Å². The van der Waals surface area contributed by atoms with Crippen LogP contribution in [0.1, 0.15) is 38.5 Å². The molecule has 2 atom stereocenters. The molecule has 86 valence electrons. The van der Waals surface area contributed by atoms with Crippen LogP contribution in [0, 0.1) is 0 Å². The predicted molar refractivity (Wildman–Crippen MR) is 61.7 cm³/mol. The van der Waals surface area contributed by atoms with Crippen molar-refractivity contribution < 1.29 is 9.53 Å². The van der Waals surface area contributed by atoms with Crippen LogP contribution in [0.5, 0.6) is 0 Å². The van der Waals surface area contributed by atoms with Gasteiger partial charge in [0.2, 0.25) is 5.91 Å². The zero-order valence-electron chi connectivity index (χ0n) is 9.69. The van der Waals surface area contributed by atoms with E-state index in [-0.39, 0.29) is 17.7 Å². The summed E-state index contributed by atoms with van der Waals surface area (Å²) in [6.45, 7) is 4.03. The molecule has 0 aromatic heterocycles. The quantitative estimate of drug-likeness (QED) is 0.829. The van der Waals surface area contributed by atoms with E-state index >= 15 is 0 Å². The van der Waals surface area contributed by atoms with E-state index in [1.54, 1.807) is 0 Å². The maximum atomic E-state index is 11.6. The number of rotatable bonds is 2. The first-order valence-corrected chi connectivity index (χ1v) is 5.65. The Morgan fingerprint density at radius 1 is 1.44 bits per heavy atom. The van der Waals surface area contributed by atoms with Crippen LogP contribution in [0.25, 0.3) is 0 Å². The Bertz CT molecular complexity index is 377. The summed E-state index contributed by atoms with van der Waals surface area (Å²) in [5.41, 5.74) is 0.651. The molecule has 2 rings (SSSR count). The fraction of sp³-hybridized carbons (Fsp3) is 0.462. The maximum Gasteiger partial charge on any atom is 0.225 e. The fourth-order valence-electron chi connectivity index (χ4n) is 1.88. The first-order valence-electron chi connectivity index (χ1n) is 5.65. The van der Waals surface area contributed by atoms with Crippen LogP contribution in [0.15, 0.2) is 30.3 Å². The van der Waals surface area contributed by atoms with Gasteiger partial charge in [-0.2, -0.15) is 0 Å². The number of amides is 1. The minimum atomic E-state index is -0.344. The van der Waals surface area contributed by atoms with Crippen molar-refractivity contribution in [2.45, 2.75) is 38.5 Å². The van der Waals surface area contributed by atoms with E-state index < -0.39 is 0 Å². The highest BCUT2D eigenvalue weighted by Gasteiger charge is 2.36. The number of benzene rings is 1. The van der Waals surface area contributed by atoms with Gasteiger partial charge in [-0.1, -0.05) is 37.3 Å². The monoisotopic (exact) mass is 219 g/mol. The predicted octanol–water partition coefficient (Wildman–Crippen LogP) is 2.39. The topological polar surface area (TPSA) is 38.3 Å². The van der Waals surface area contributed by atoms with Gasteiger partial charge in [-0.3, -0.25) is 4.79 Å². The SMILES string of the molecule is CCC1(C)CC(=O)N[C@H](c2ccccc2)O1. The lowest BCUT2D eigenvalue weighted by molar-refractivity contribution is -0.162. The van der Waals surface area contributed by atoms with Gasteiger partial charge < -0.3 is 10.1 Å². The van der Waals surface area contributed by atoms with Crippen LogP contribution in [0.4, 0.5) is 0 Å². The molecular formula is C13H17NO2. The molecular weight excluding hydrogens is 202 g/mol. The first-order chi connectivity index (χ1) is 7.63. The number of carbonyl (C=O) groups excluding carboxylic acids is 1. The second-order valence-corrected chi connectivity index (χ2v) is 4.46. The Hall–Kier alpha value is -1.35. The molecule has 1 heterocycles.